The van der Waals surface area contributed by atoms with Crippen LogP contribution in [0.1, 0.15) is 18.0 Å². The molecule has 3 aliphatic rings. The molecule has 0 radical (unpaired) electrons. The van der Waals surface area contributed by atoms with Crippen LogP contribution in [0.2, 0.25) is 0 Å². The Morgan fingerprint density at radius 1 is 1.15 bits per heavy atom. The molecule has 3 aromatic rings. The number of amides is 3. The molecule has 0 saturated carbocycles. The average Bonchev–Trinajstić information content (AvgIpc) is 3.49. The fourth-order valence-electron chi connectivity index (χ4n) is 4.52. The number of carbonyl (C=O) groups excluding carboxylic acids is 2. The van der Waals surface area contributed by atoms with Gasteiger partial charge in [-0.05, 0) is 37.2 Å². The van der Waals surface area contributed by atoms with Crippen molar-refractivity contribution in [3.05, 3.63) is 66.5 Å². The number of para-hydroxylation sites is 1. The number of ether oxygens (including phenoxy) is 1. The summed E-state index contributed by atoms with van der Waals surface area (Å²) >= 11 is 1.40. The van der Waals surface area contributed by atoms with Crippen LogP contribution in [-0.2, 0) is 4.79 Å². The number of carbonyl (C=O) groups is 2. The minimum atomic E-state index is -0.463. The molecule has 0 bridgehead atoms. The number of hydrogen-bond donors (Lipinski definition) is 3. The first-order valence-corrected chi connectivity index (χ1v) is 12.0. The van der Waals surface area contributed by atoms with Crippen LogP contribution in [0.3, 0.4) is 0 Å². The number of nitrogens with zero attached hydrogens (tertiary/aromatic N) is 3. The Labute approximate surface area is 200 Å². The highest BCUT2D eigenvalue weighted by Crippen LogP contribution is 2.50. The van der Waals surface area contributed by atoms with Gasteiger partial charge in [0.25, 0.3) is 0 Å². The lowest BCUT2D eigenvalue weighted by atomic mass is 10.00. The summed E-state index contributed by atoms with van der Waals surface area (Å²) in [6, 6.07) is 14.1. The minimum absolute atomic E-state index is 0.0783. The highest BCUT2D eigenvalue weighted by molar-refractivity contribution is 8.01. The smallest absolute Gasteiger partial charge is 0.327 e. The van der Waals surface area contributed by atoms with E-state index in [1.165, 1.54) is 11.8 Å². The fraction of sp³-hybridized carbons (Fsp3) is 0.250. The molecule has 0 spiro atoms. The van der Waals surface area contributed by atoms with Gasteiger partial charge < -0.3 is 20.7 Å². The summed E-state index contributed by atoms with van der Waals surface area (Å²) in [5.41, 5.74) is 2.17. The van der Waals surface area contributed by atoms with Gasteiger partial charge in [0, 0.05) is 30.4 Å². The normalized spacial score (nSPS) is 22.8. The molecule has 3 aliphatic heterocycles. The van der Waals surface area contributed by atoms with E-state index >= 15 is 0 Å². The third-order valence-electron chi connectivity index (χ3n) is 6.12. The molecule has 9 nitrogen and oxygen atoms in total. The predicted molar refractivity (Wildman–Crippen MR) is 127 cm³/mol. The van der Waals surface area contributed by atoms with E-state index in [2.05, 4.69) is 25.9 Å². The maximum atomic E-state index is 13.2. The monoisotopic (exact) mass is 474 g/mol. The Hall–Kier alpha value is -3.63. The van der Waals surface area contributed by atoms with Gasteiger partial charge in [0.05, 0.1) is 23.6 Å². The average molecular weight is 475 g/mol. The van der Waals surface area contributed by atoms with Crippen molar-refractivity contribution < 1.29 is 14.3 Å². The van der Waals surface area contributed by atoms with Crippen LogP contribution in [-0.4, -0.2) is 46.3 Å². The topological polar surface area (TPSA) is 108 Å². The minimum Gasteiger partial charge on any atom is -0.439 e. The number of nitrogens with one attached hydrogen (secondary N) is 3. The van der Waals surface area contributed by atoms with Crippen molar-refractivity contribution in [2.45, 2.75) is 28.8 Å². The Morgan fingerprint density at radius 2 is 2.03 bits per heavy atom. The molecule has 6 rings (SSSR count). The molecule has 1 saturated heterocycles. The number of hydrogen-bond acceptors (Lipinski definition) is 7. The van der Waals surface area contributed by atoms with Crippen molar-refractivity contribution in [2.75, 3.05) is 18.0 Å². The van der Waals surface area contributed by atoms with Crippen LogP contribution in [0.25, 0.3) is 0 Å². The van der Waals surface area contributed by atoms with Crippen molar-refractivity contribution in [1.29, 1.82) is 0 Å². The zero-order valence-electron chi connectivity index (χ0n) is 18.1. The molecule has 10 heteroatoms. The Morgan fingerprint density at radius 3 is 2.79 bits per heavy atom. The first-order chi connectivity index (χ1) is 16.7. The lowest BCUT2D eigenvalue weighted by molar-refractivity contribution is -0.121. The van der Waals surface area contributed by atoms with E-state index in [-0.39, 0.29) is 18.0 Å². The fourth-order valence-corrected chi connectivity index (χ4v) is 5.75. The number of pyridine rings is 2. The molecule has 2 unspecified atom stereocenters. The highest BCUT2D eigenvalue weighted by atomic mass is 32.2. The van der Waals surface area contributed by atoms with E-state index in [1.54, 1.807) is 35.5 Å². The largest absolute Gasteiger partial charge is 0.439 e. The van der Waals surface area contributed by atoms with Crippen LogP contribution in [0.15, 0.2) is 66.0 Å². The molecule has 2 aromatic heterocycles. The summed E-state index contributed by atoms with van der Waals surface area (Å²) in [6.07, 6.45) is 4.18. The first kappa shape index (κ1) is 20.9. The second kappa shape index (κ2) is 8.62. The summed E-state index contributed by atoms with van der Waals surface area (Å²) in [4.78, 5) is 36.7. The predicted octanol–water partition coefficient (Wildman–Crippen LogP) is 3.12. The maximum absolute atomic E-state index is 13.2. The Balaban J connectivity index is 1.26. The van der Waals surface area contributed by atoms with Crippen LogP contribution in [0, 0.1) is 0 Å². The second-order valence-corrected chi connectivity index (χ2v) is 9.45. The van der Waals surface area contributed by atoms with Crippen molar-refractivity contribution in [3.8, 4) is 11.6 Å². The van der Waals surface area contributed by atoms with Crippen molar-refractivity contribution in [1.82, 2.24) is 25.9 Å². The van der Waals surface area contributed by atoms with E-state index < -0.39 is 11.3 Å². The van der Waals surface area contributed by atoms with Crippen LogP contribution >= 0.6 is 11.8 Å². The number of aromatic nitrogens is 2. The standard InChI is InChI=1S/C24H22N6O3S/c31-22(28-14-8-10-25-12-14)21-20-19-17(9-11-26-23(19)34-21)30(24(32)29-20)15-6-7-18(27-13-15)33-16-4-2-1-3-5-16/h1-7,9,11,13-14,20-21,25H,8,10,12H2,(H,28,31)(H,29,32)/t14?,20?,21-/m1/s1. The number of urea groups is 1. The van der Waals surface area contributed by atoms with Gasteiger partial charge in [-0.15, -0.1) is 0 Å². The van der Waals surface area contributed by atoms with Crippen LogP contribution in [0.4, 0.5) is 16.2 Å². The molecule has 5 heterocycles. The Kier molecular flexibility index (Phi) is 5.31. The number of rotatable bonds is 5. The maximum Gasteiger partial charge on any atom is 0.327 e. The third kappa shape index (κ3) is 3.74. The number of thioether (sulfide) groups is 1. The molecule has 3 atom stereocenters. The molecule has 3 amide bonds. The van der Waals surface area contributed by atoms with Gasteiger partial charge in [0.2, 0.25) is 11.8 Å². The molecular weight excluding hydrogens is 452 g/mol. The summed E-state index contributed by atoms with van der Waals surface area (Å²) < 4.78 is 5.77. The SMILES string of the molecule is O=C(NC1CCNC1)[C@@H]1Sc2nccc3c2C1NC(=O)N3c1ccc(Oc2ccccc2)nc1. The van der Waals surface area contributed by atoms with Crippen molar-refractivity contribution in [3.63, 3.8) is 0 Å². The van der Waals surface area contributed by atoms with Crippen LogP contribution in [0.5, 0.6) is 11.6 Å². The quantitative estimate of drug-likeness (QED) is 0.521. The molecule has 34 heavy (non-hydrogen) atoms. The van der Waals surface area contributed by atoms with E-state index in [9.17, 15) is 9.59 Å². The number of anilines is 2. The summed E-state index contributed by atoms with van der Waals surface area (Å²) in [5.74, 6) is 1.03. The van der Waals surface area contributed by atoms with Crippen molar-refractivity contribution >= 4 is 35.1 Å². The number of benzene rings is 1. The molecule has 3 N–H and O–H groups in total. The van der Waals surface area contributed by atoms with Gasteiger partial charge in [0.1, 0.15) is 16.0 Å². The first-order valence-electron chi connectivity index (χ1n) is 11.1. The zero-order chi connectivity index (χ0) is 23.1. The van der Waals surface area contributed by atoms with Gasteiger partial charge >= 0.3 is 6.03 Å². The second-order valence-electron chi connectivity index (χ2n) is 8.32. The van der Waals surface area contributed by atoms with E-state index in [1.807, 2.05) is 30.3 Å². The molecule has 0 aliphatic carbocycles. The van der Waals surface area contributed by atoms with E-state index in [4.69, 9.17) is 4.74 Å². The molecule has 172 valence electrons. The van der Waals surface area contributed by atoms with Gasteiger partial charge in [0.15, 0.2) is 0 Å². The third-order valence-corrected chi connectivity index (χ3v) is 7.40. The van der Waals surface area contributed by atoms with Gasteiger partial charge in [-0.3, -0.25) is 9.69 Å². The molecule has 1 fully saturated rings. The van der Waals surface area contributed by atoms with E-state index in [0.717, 1.165) is 30.1 Å². The van der Waals surface area contributed by atoms with Crippen LogP contribution < -0.4 is 25.6 Å². The van der Waals surface area contributed by atoms with Gasteiger partial charge in [-0.1, -0.05) is 30.0 Å². The highest BCUT2D eigenvalue weighted by Gasteiger charge is 2.47. The lowest BCUT2D eigenvalue weighted by Crippen LogP contribution is -2.50. The van der Waals surface area contributed by atoms with E-state index in [0.29, 0.717) is 23.0 Å². The summed E-state index contributed by atoms with van der Waals surface area (Å²) in [6.45, 7) is 1.66. The summed E-state index contributed by atoms with van der Waals surface area (Å²) in [5, 5.41) is 9.68. The zero-order valence-corrected chi connectivity index (χ0v) is 18.9. The summed E-state index contributed by atoms with van der Waals surface area (Å²) in [7, 11) is 0. The molecule has 1 aromatic carbocycles. The van der Waals surface area contributed by atoms with Gasteiger partial charge in [-0.25, -0.2) is 14.8 Å². The van der Waals surface area contributed by atoms with Gasteiger partial charge in [-0.2, -0.15) is 0 Å². The van der Waals surface area contributed by atoms with Crippen molar-refractivity contribution in [2.24, 2.45) is 0 Å². The Bertz CT molecular complexity index is 1230. The lowest BCUT2D eigenvalue weighted by Gasteiger charge is -2.34. The molecular formula is C24H22N6O3S.